The number of carbonyl (C=O) groups is 2. The first-order chi connectivity index (χ1) is 14.9. The fraction of sp³-hybridized carbons (Fsp3) is 0.167. The maximum atomic E-state index is 13.2. The molecule has 1 N–H and O–H groups in total. The normalized spacial score (nSPS) is 14.0. The Bertz CT molecular complexity index is 1120. The van der Waals surface area contributed by atoms with Gasteiger partial charge in [-0.25, -0.2) is 0 Å². The zero-order chi connectivity index (χ0) is 22.0. The molecular formula is C24H21ClN2O3S. The van der Waals surface area contributed by atoms with Crippen LogP contribution in [0.1, 0.15) is 24.3 Å². The van der Waals surface area contributed by atoms with E-state index < -0.39 is 0 Å². The van der Waals surface area contributed by atoms with Crippen LogP contribution in [0.15, 0.2) is 71.7 Å². The molecule has 2 amide bonds. The summed E-state index contributed by atoms with van der Waals surface area (Å²) in [5, 5.41) is 5.65. The molecule has 0 aliphatic carbocycles. The Labute approximate surface area is 189 Å². The first-order valence-electron chi connectivity index (χ1n) is 9.85. The van der Waals surface area contributed by atoms with Gasteiger partial charge in [0, 0.05) is 15.6 Å². The molecule has 0 saturated carbocycles. The zero-order valence-electron chi connectivity index (χ0n) is 17.1. The lowest BCUT2D eigenvalue weighted by molar-refractivity contribution is -0.137. The van der Waals surface area contributed by atoms with E-state index in [1.165, 1.54) is 16.2 Å². The molecule has 2 aromatic carbocycles. The highest BCUT2D eigenvalue weighted by atomic mass is 35.5. The van der Waals surface area contributed by atoms with Crippen molar-refractivity contribution in [1.29, 1.82) is 0 Å². The number of nitrogens with one attached hydrogen (secondary N) is 1. The number of imide groups is 1. The highest BCUT2D eigenvalue weighted by Gasteiger charge is 2.39. The Morgan fingerprint density at radius 3 is 2.32 bits per heavy atom. The largest absolute Gasteiger partial charge is 0.491 e. The van der Waals surface area contributed by atoms with E-state index in [-0.39, 0.29) is 30.2 Å². The van der Waals surface area contributed by atoms with E-state index in [1.807, 2.05) is 67.8 Å². The first kappa shape index (κ1) is 21.2. The van der Waals surface area contributed by atoms with E-state index in [0.29, 0.717) is 16.3 Å². The van der Waals surface area contributed by atoms with Gasteiger partial charge in [-0.3, -0.25) is 14.5 Å². The van der Waals surface area contributed by atoms with Gasteiger partial charge in [-0.05, 0) is 67.3 Å². The average molecular weight is 453 g/mol. The van der Waals surface area contributed by atoms with Crippen molar-refractivity contribution in [3.05, 3.63) is 87.2 Å². The van der Waals surface area contributed by atoms with E-state index >= 15 is 0 Å². The molecule has 0 unspecified atom stereocenters. The predicted octanol–water partition coefficient (Wildman–Crippen LogP) is 5.58. The third kappa shape index (κ3) is 4.65. The number of hydrogen-bond acceptors (Lipinski definition) is 5. The summed E-state index contributed by atoms with van der Waals surface area (Å²) in [7, 11) is 0. The highest BCUT2D eigenvalue weighted by Crippen LogP contribution is 2.34. The van der Waals surface area contributed by atoms with Crippen molar-refractivity contribution in [3.63, 3.8) is 0 Å². The molecule has 3 aromatic rings. The smallest absolute Gasteiger partial charge is 0.278 e. The van der Waals surface area contributed by atoms with Crippen molar-refractivity contribution < 1.29 is 14.3 Å². The highest BCUT2D eigenvalue weighted by molar-refractivity contribution is 7.11. The van der Waals surface area contributed by atoms with Gasteiger partial charge in [0.05, 0.1) is 18.2 Å². The van der Waals surface area contributed by atoms with Crippen molar-refractivity contribution >= 4 is 46.0 Å². The molecule has 0 spiro atoms. The van der Waals surface area contributed by atoms with Gasteiger partial charge in [0.25, 0.3) is 11.8 Å². The van der Waals surface area contributed by atoms with E-state index in [2.05, 4.69) is 5.32 Å². The van der Waals surface area contributed by atoms with Crippen LogP contribution in [0.3, 0.4) is 0 Å². The van der Waals surface area contributed by atoms with Crippen LogP contribution in [0.4, 0.5) is 5.69 Å². The fourth-order valence-electron chi connectivity index (χ4n) is 3.29. The van der Waals surface area contributed by atoms with Crippen molar-refractivity contribution in [2.45, 2.75) is 26.5 Å². The standard InChI is InChI=1S/C24H21ClN2O3S/c1-15(2)30-19-11-9-18(10-12-19)26-22-21(20-4-3-13-31-20)23(28)27(24(22)29)14-16-5-7-17(25)8-6-16/h3-13,15,26H,14H2,1-2H3. The first-order valence-corrected chi connectivity index (χ1v) is 11.1. The van der Waals surface area contributed by atoms with E-state index in [1.54, 1.807) is 12.1 Å². The lowest BCUT2D eigenvalue weighted by Gasteiger charge is -2.15. The second-order valence-electron chi connectivity index (χ2n) is 7.37. The minimum Gasteiger partial charge on any atom is -0.491 e. The molecule has 5 nitrogen and oxygen atoms in total. The summed E-state index contributed by atoms with van der Waals surface area (Å²) in [6.07, 6.45) is 0.0717. The minimum atomic E-state index is -0.356. The van der Waals surface area contributed by atoms with Gasteiger partial charge in [-0.15, -0.1) is 11.3 Å². The second-order valence-corrected chi connectivity index (χ2v) is 8.75. The number of thiophene rings is 1. The summed E-state index contributed by atoms with van der Waals surface area (Å²) in [5.41, 5.74) is 2.19. The number of anilines is 1. The Morgan fingerprint density at radius 1 is 1.00 bits per heavy atom. The molecule has 0 saturated heterocycles. The van der Waals surface area contributed by atoms with E-state index in [4.69, 9.17) is 16.3 Å². The Balaban J connectivity index is 1.63. The van der Waals surface area contributed by atoms with Crippen LogP contribution in [0.5, 0.6) is 5.75 Å². The third-order valence-electron chi connectivity index (χ3n) is 4.68. The number of rotatable bonds is 7. The van der Waals surface area contributed by atoms with Gasteiger partial charge in [0.1, 0.15) is 11.4 Å². The van der Waals surface area contributed by atoms with Gasteiger partial charge in [-0.1, -0.05) is 29.8 Å². The van der Waals surface area contributed by atoms with Crippen LogP contribution >= 0.6 is 22.9 Å². The molecule has 2 heterocycles. The van der Waals surface area contributed by atoms with Crippen molar-refractivity contribution in [1.82, 2.24) is 4.90 Å². The van der Waals surface area contributed by atoms with Gasteiger partial charge in [-0.2, -0.15) is 0 Å². The third-order valence-corrected chi connectivity index (χ3v) is 5.82. The number of amides is 2. The predicted molar refractivity (Wildman–Crippen MR) is 124 cm³/mol. The average Bonchev–Trinajstić information content (AvgIpc) is 3.34. The van der Waals surface area contributed by atoms with Crippen LogP contribution in [0, 0.1) is 0 Å². The van der Waals surface area contributed by atoms with Crippen molar-refractivity contribution in [3.8, 4) is 5.75 Å². The topological polar surface area (TPSA) is 58.6 Å². The number of carbonyl (C=O) groups excluding carboxylic acids is 2. The molecule has 0 radical (unpaired) electrons. The summed E-state index contributed by atoms with van der Waals surface area (Å²) in [6.45, 7) is 4.10. The molecular weight excluding hydrogens is 432 g/mol. The molecule has 31 heavy (non-hydrogen) atoms. The van der Waals surface area contributed by atoms with Crippen LogP contribution in [0.25, 0.3) is 5.57 Å². The van der Waals surface area contributed by atoms with Gasteiger partial charge in [0.2, 0.25) is 0 Å². The molecule has 0 atom stereocenters. The summed E-state index contributed by atoms with van der Waals surface area (Å²) < 4.78 is 5.67. The molecule has 0 fully saturated rings. The zero-order valence-corrected chi connectivity index (χ0v) is 18.7. The van der Waals surface area contributed by atoms with Gasteiger partial charge in [0.15, 0.2) is 0 Å². The number of halogens is 1. The van der Waals surface area contributed by atoms with E-state index in [9.17, 15) is 9.59 Å². The maximum absolute atomic E-state index is 13.2. The lowest BCUT2D eigenvalue weighted by atomic mass is 10.2. The Morgan fingerprint density at radius 2 is 1.71 bits per heavy atom. The molecule has 158 valence electrons. The number of nitrogens with zero attached hydrogens (tertiary/aromatic N) is 1. The van der Waals surface area contributed by atoms with Crippen LogP contribution in [-0.2, 0) is 16.1 Å². The molecule has 1 aromatic heterocycles. The molecule has 0 bridgehead atoms. The SMILES string of the molecule is CC(C)Oc1ccc(NC2=C(c3cccs3)C(=O)N(Cc3ccc(Cl)cc3)C2=O)cc1. The summed E-state index contributed by atoms with van der Waals surface area (Å²) in [4.78, 5) is 28.5. The molecule has 4 rings (SSSR count). The summed E-state index contributed by atoms with van der Waals surface area (Å²) in [5.74, 6) is 0.0710. The summed E-state index contributed by atoms with van der Waals surface area (Å²) in [6, 6.07) is 18.2. The number of hydrogen-bond donors (Lipinski definition) is 1. The fourth-order valence-corrected chi connectivity index (χ4v) is 4.18. The molecule has 1 aliphatic rings. The molecule has 1 aliphatic heterocycles. The maximum Gasteiger partial charge on any atom is 0.278 e. The van der Waals surface area contributed by atoms with E-state index in [0.717, 1.165) is 16.2 Å². The minimum absolute atomic E-state index is 0.0717. The summed E-state index contributed by atoms with van der Waals surface area (Å²) >= 11 is 7.38. The van der Waals surface area contributed by atoms with Gasteiger partial charge >= 0.3 is 0 Å². The van der Waals surface area contributed by atoms with Crippen molar-refractivity contribution in [2.75, 3.05) is 5.32 Å². The Kier molecular flexibility index (Phi) is 6.11. The lowest BCUT2D eigenvalue weighted by Crippen LogP contribution is -2.31. The Hall–Kier alpha value is -3.09. The van der Waals surface area contributed by atoms with Crippen LogP contribution < -0.4 is 10.1 Å². The van der Waals surface area contributed by atoms with Crippen LogP contribution in [0.2, 0.25) is 5.02 Å². The molecule has 7 heteroatoms. The number of benzene rings is 2. The van der Waals surface area contributed by atoms with Gasteiger partial charge < -0.3 is 10.1 Å². The van der Waals surface area contributed by atoms with Crippen LogP contribution in [-0.4, -0.2) is 22.8 Å². The quantitative estimate of drug-likeness (QED) is 0.475. The van der Waals surface area contributed by atoms with Crippen molar-refractivity contribution in [2.24, 2.45) is 0 Å². The second kappa shape index (κ2) is 8.96. The monoisotopic (exact) mass is 452 g/mol. The number of ether oxygens (including phenoxy) is 1.